The van der Waals surface area contributed by atoms with Gasteiger partial charge in [0.15, 0.2) is 0 Å². The highest BCUT2D eigenvalue weighted by Gasteiger charge is 2.68. The SMILES string of the molecule is OCC1C(c2ccc(F)cc2)C1(F)F. The molecule has 4 heteroatoms. The van der Waals surface area contributed by atoms with Gasteiger partial charge in [-0.15, -0.1) is 0 Å². The maximum absolute atomic E-state index is 13.0. The summed E-state index contributed by atoms with van der Waals surface area (Å²) in [4.78, 5) is 0. The van der Waals surface area contributed by atoms with Crippen molar-refractivity contribution in [3.8, 4) is 0 Å². The first-order valence-electron chi connectivity index (χ1n) is 4.31. The number of benzene rings is 1. The van der Waals surface area contributed by atoms with Crippen molar-refractivity contribution in [2.75, 3.05) is 6.61 Å². The normalized spacial score (nSPS) is 28.9. The van der Waals surface area contributed by atoms with E-state index in [1.807, 2.05) is 0 Å². The molecule has 1 aliphatic rings. The van der Waals surface area contributed by atoms with Crippen LogP contribution in [-0.2, 0) is 0 Å². The third kappa shape index (κ3) is 1.30. The maximum atomic E-state index is 13.0. The van der Waals surface area contributed by atoms with E-state index < -0.39 is 30.2 Å². The van der Waals surface area contributed by atoms with Gasteiger partial charge in [-0.25, -0.2) is 13.2 Å². The van der Waals surface area contributed by atoms with Crippen molar-refractivity contribution < 1.29 is 18.3 Å². The Kier molecular flexibility index (Phi) is 2.03. The lowest BCUT2D eigenvalue weighted by atomic mass is 10.1. The largest absolute Gasteiger partial charge is 0.396 e. The van der Waals surface area contributed by atoms with Crippen LogP contribution in [0.3, 0.4) is 0 Å². The topological polar surface area (TPSA) is 20.2 Å². The minimum atomic E-state index is -2.84. The Morgan fingerprint density at radius 2 is 1.79 bits per heavy atom. The Hall–Kier alpha value is -1.03. The minimum Gasteiger partial charge on any atom is -0.396 e. The molecule has 2 rings (SSSR count). The van der Waals surface area contributed by atoms with Gasteiger partial charge in [0.1, 0.15) is 5.82 Å². The van der Waals surface area contributed by atoms with Crippen molar-refractivity contribution in [2.24, 2.45) is 5.92 Å². The summed E-state index contributed by atoms with van der Waals surface area (Å²) in [6.07, 6.45) is 0. The van der Waals surface area contributed by atoms with E-state index in [9.17, 15) is 13.2 Å². The van der Waals surface area contributed by atoms with Crippen molar-refractivity contribution in [2.45, 2.75) is 11.8 Å². The summed E-state index contributed by atoms with van der Waals surface area (Å²) in [5.74, 6) is -5.24. The molecule has 1 saturated carbocycles. The summed E-state index contributed by atoms with van der Waals surface area (Å²) in [5.41, 5.74) is 0.385. The smallest absolute Gasteiger partial charge is 0.261 e. The van der Waals surface area contributed by atoms with E-state index in [0.29, 0.717) is 5.56 Å². The van der Waals surface area contributed by atoms with E-state index in [2.05, 4.69) is 0 Å². The van der Waals surface area contributed by atoms with E-state index >= 15 is 0 Å². The van der Waals surface area contributed by atoms with Gasteiger partial charge in [0.25, 0.3) is 5.92 Å². The van der Waals surface area contributed by atoms with Gasteiger partial charge in [-0.3, -0.25) is 0 Å². The third-order valence-corrected chi connectivity index (χ3v) is 2.63. The molecule has 2 atom stereocenters. The van der Waals surface area contributed by atoms with Gasteiger partial charge in [-0.05, 0) is 17.7 Å². The number of aliphatic hydroxyl groups excluding tert-OH is 1. The van der Waals surface area contributed by atoms with Crippen LogP contribution in [0.4, 0.5) is 13.2 Å². The van der Waals surface area contributed by atoms with Crippen molar-refractivity contribution in [3.05, 3.63) is 35.6 Å². The van der Waals surface area contributed by atoms with Gasteiger partial charge in [-0.2, -0.15) is 0 Å². The quantitative estimate of drug-likeness (QED) is 0.779. The molecule has 0 radical (unpaired) electrons. The Morgan fingerprint density at radius 3 is 2.21 bits per heavy atom. The van der Waals surface area contributed by atoms with Crippen LogP contribution in [0.15, 0.2) is 24.3 Å². The summed E-state index contributed by atoms with van der Waals surface area (Å²) in [5, 5.41) is 8.67. The second kappa shape index (κ2) is 2.98. The highest BCUT2D eigenvalue weighted by Crippen LogP contribution is 2.61. The highest BCUT2D eigenvalue weighted by atomic mass is 19.3. The van der Waals surface area contributed by atoms with Crippen LogP contribution in [0, 0.1) is 11.7 Å². The van der Waals surface area contributed by atoms with Gasteiger partial charge in [-0.1, -0.05) is 12.1 Å². The molecule has 0 aliphatic heterocycles. The lowest BCUT2D eigenvalue weighted by Crippen LogP contribution is -1.97. The van der Waals surface area contributed by atoms with Crippen LogP contribution in [0.1, 0.15) is 11.5 Å². The van der Waals surface area contributed by atoms with Crippen molar-refractivity contribution in [1.82, 2.24) is 0 Å². The summed E-state index contributed by atoms with van der Waals surface area (Å²) < 4.78 is 38.5. The number of rotatable bonds is 2. The van der Waals surface area contributed by atoms with Crippen LogP contribution in [0.5, 0.6) is 0 Å². The lowest BCUT2D eigenvalue weighted by Gasteiger charge is -1.97. The zero-order valence-electron chi connectivity index (χ0n) is 7.25. The second-order valence-corrected chi connectivity index (χ2v) is 3.49. The molecular formula is C10H9F3O. The van der Waals surface area contributed by atoms with Crippen molar-refractivity contribution in [1.29, 1.82) is 0 Å². The van der Waals surface area contributed by atoms with Crippen molar-refractivity contribution >= 4 is 0 Å². The molecule has 76 valence electrons. The number of hydrogen-bond acceptors (Lipinski definition) is 1. The highest BCUT2D eigenvalue weighted by molar-refractivity contribution is 5.32. The first kappa shape index (κ1) is 9.52. The number of hydrogen-bond donors (Lipinski definition) is 1. The molecule has 0 heterocycles. The molecule has 0 saturated heterocycles. The number of halogens is 3. The molecule has 0 bridgehead atoms. The van der Waals surface area contributed by atoms with Crippen LogP contribution < -0.4 is 0 Å². The van der Waals surface area contributed by atoms with E-state index in [4.69, 9.17) is 5.11 Å². The molecule has 0 spiro atoms. The molecule has 1 N–H and O–H groups in total. The monoisotopic (exact) mass is 202 g/mol. The van der Waals surface area contributed by atoms with Gasteiger partial charge < -0.3 is 5.11 Å². The summed E-state index contributed by atoms with van der Waals surface area (Å²) >= 11 is 0. The van der Waals surface area contributed by atoms with E-state index in [1.54, 1.807) is 0 Å². The lowest BCUT2D eigenvalue weighted by molar-refractivity contribution is 0.0785. The van der Waals surface area contributed by atoms with E-state index in [1.165, 1.54) is 12.1 Å². The molecule has 0 amide bonds. The van der Waals surface area contributed by atoms with Crippen LogP contribution in [0.2, 0.25) is 0 Å². The first-order chi connectivity index (χ1) is 6.57. The fraction of sp³-hybridized carbons (Fsp3) is 0.400. The standard InChI is InChI=1S/C10H9F3O/c11-7-3-1-6(2-4-7)9-8(5-14)10(9,12)13/h1-4,8-9,14H,5H2. The average molecular weight is 202 g/mol. The zero-order valence-corrected chi connectivity index (χ0v) is 7.25. The second-order valence-electron chi connectivity index (χ2n) is 3.49. The fourth-order valence-electron chi connectivity index (χ4n) is 1.74. The van der Waals surface area contributed by atoms with Crippen molar-refractivity contribution in [3.63, 3.8) is 0 Å². The summed E-state index contributed by atoms with van der Waals surface area (Å²) in [6.45, 7) is -0.533. The fourth-order valence-corrected chi connectivity index (χ4v) is 1.74. The molecule has 1 nitrogen and oxygen atoms in total. The Morgan fingerprint density at radius 1 is 1.21 bits per heavy atom. The first-order valence-corrected chi connectivity index (χ1v) is 4.31. The Bertz CT molecular complexity index is 334. The molecule has 0 aromatic heterocycles. The predicted octanol–water partition coefficient (Wildman–Crippen LogP) is 2.17. The van der Waals surface area contributed by atoms with Gasteiger partial charge in [0, 0.05) is 0 Å². The molecule has 1 aromatic rings. The molecular weight excluding hydrogens is 193 g/mol. The van der Waals surface area contributed by atoms with Gasteiger partial charge in [0.05, 0.1) is 18.4 Å². The molecule has 1 fully saturated rings. The summed E-state index contributed by atoms with van der Waals surface area (Å²) in [7, 11) is 0. The molecule has 2 unspecified atom stereocenters. The third-order valence-electron chi connectivity index (χ3n) is 2.63. The summed E-state index contributed by atoms with van der Waals surface area (Å²) in [6, 6.07) is 4.98. The van der Waals surface area contributed by atoms with Crippen LogP contribution in [0.25, 0.3) is 0 Å². The molecule has 1 aromatic carbocycles. The van der Waals surface area contributed by atoms with Gasteiger partial charge in [0.2, 0.25) is 0 Å². The van der Waals surface area contributed by atoms with Gasteiger partial charge >= 0.3 is 0 Å². The number of aliphatic hydroxyl groups is 1. The average Bonchev–Trinajstić information content (AvgIpc) is 2.69. The predicted molar refractivity (Wildman–Crippen MR) is 44.7 cm³/mol. The van der Waals surface area contributed by atoms with E-state index in [0.717, 1.165) is 12.1 Å². The molecule has 14 heavy (non-hydrogen) atoms. The number of alkyl halides is 2. The van der Waals surface area contributed by atoms with Crippen LogP contribution >= 0.6 is 0 Å². The zero-order chi connectivity index (χ0) is 10.3. The minimum absolute atomic E-state index is 0.385. The maximum Gasteiger partial charge on any atom is 0.261 e. The Balaban J connectivity index is 2.22. The van der Waals surface area contributed by atoms with Crippen LogP contribution in [-0.4, -0.2) is 17.6 Å². The van der Waals surface area contributed by atoms with E-state index in [-0.39, 0.29) is 0 Å². The molecule has 1 aliphatic carbocycles. The Labute approximate surface area is 79.2 Å².